The van der Waals surface area contributed by atoms with E-state index in [0.717, 1.165) is 0 Å². The van der Waals surface area contributed by atoms with Gasteiger partial charge in [-0.2, -0.15) is 4.37 Å². The lowest BCUT2D eigenvalue weighted by Gasteiger charge is -2.10. The standard InChI is InChI=1S/C5H9N3O2S/c9-1-4(2-10)8-5-6-3-7-11-5/h3-4,9-10H,1-2H2,(H,6,7,8). The number of rotatable bonds is 4. The summed E-state index contributed by atoms with van der Waals surface area (Å²) in [5.41, 5.74) is 0. The van der Waals surface area contributed by atoms with Crippen molar-refractivity contribution in [3.8, 4) is 0 Å². The minimum absolute atomic E-state index is 0.115. The van der Waals surface area contributed by atoms with Crippen LogP contribution in [0.3, 0.4) is 0 Å². The van der Waals surface area contributed by atoms with Crippen LogP contribution < -0.4 is 5.32 Å². The van der Waals surface area contributed by atoms with Gasteiger partial charge in [-0.15, -0.1) is 0 Å². The van der Waals surface area contributed by atoms with Crippen molar-refractivity contribution in [2.75, 3.05) is 18.5 Å². The first kappa shape index (κ1) is 8.38. The van der Waals surface area contributed by atoms with E-state index in [2.05, 4.69) is 14.7 Å². The molecule has 1 aromatic rings. The summed E-state index contributed by atoms with van der Waals surface area (Å²) in [7, 11) is 0. The molecule has 0 fully saturated rings. The molecule has 0 aliphatic rings. The molecule has 11 heavy (non-hydrogen) atoms. The Balaban J connectivity index is 2.41. The Hall–Kier alpha value is -0.720. The molecule has 0 amide bonds. The minimum atomic E-state index is -0.344. The second kappa shape index (κ2) is 4.22. The van der Waals surface area contributed by atoms with Crippen LogP contribution in [0.1, 0.15) is 0 Å². The van der Waals surface area contributed by atoms with Crippen LogP contribution >= 0.6 is 11.5 Å². The summed E-state index contributed by atoms with van der Waals surface area (Å²) >= 11 is 1.19. The van der Waals surface area contributed by atoms with Gasteiger partial charge in [0.2, 0.25) is 5.13 Å². The highest BCUT2D eigenvalue weighted by Gasteiger charge is 2.05. The third-order valence-corrected chi connectivity index (χ3v) is 1.73. The molecule has 0 aromatic carbocycles. The molecule has 1 rings (SSSR count). The van der Waals surface area contributed by atoms with Crippen LogP contribution in [0.4, 0.5) is 5.13 Å². The van der Waals surface area contributed by atoms with Gasteiger partial charge in [-0.05, 0) is 0 Å². The molecule has 0 saturated carbocycles. The Bertz CT molecular complexity index is 188. The number of aromatic nitrogens is 2. The molecule has 1 heterocycles. The molecule has 62 valence electrons. The molecule has 0 unspecified atom stereocenters. The van der Waals surface area contributed by atoms with E-state index in [1.807, 2.05) is 0 Å². The van der Waals surface area contributed by atoms with Gasteiger partial charge in [-0.1, -0.05) is 0 Å². The summed E-state index contributed by atoms with van der Waals surface area (Å²) in [6.07, 6.45) is 1.42. The van der Waals surface area contributed by atoms with Crippen LogP contribution in [0.2, 0.25) is 0 Å². The van der Waals surface area contributed by atoms with E-state index in [1.165, 1.54) is 17.9 Å². The van der Waals surface area contributed by atoms with Crippen molar-refractivity contribution in [1.29, 1.82) is 0 Å². The lowest BCUT2D eigenvalue weighted by atomic mass is 10.3. The number of aliphatic hydroxyl groups is 2. The van der Waals surface area contributed by atoms with Crippen LogP contribution in [-0.2, 0) is 0 Å². The lowest BCUT2D eigenvalue weighted by molar-refractivity contribution is 0.204. The molecule has 0 bridgehead atoms. The molecular formula is C5H9N3O2S. The number of hydrogen-bond acceptors (Lipinski definition) is 6. The van der Waals surface area contributed by atoms with Gasteiger partial charge in [-0.25, -0.2) is 4.98 Å². The van der Waals surface area contributed by atoms with Gasteiger partial charge in [0.25, 0.3) is 0 Å². The average molecular weight is 175 g/mol. The summed E-state index contributed by atoms with van der Waals surface area (Å²) in [5, 5.41) is 20.7. The van der Waals surface area contributed by atoms with Gasteiger partial charge in [0, 0.05) is 11.5 Å². The zero-order valence-electron chi connectivity index (χ0n) is 5.77. The Labute approximate surface area is 67.9 Å². The van der Waals surface area contributed by atoms with Gasteiger partial charge >= 0.3 is 0 Å². The third kappa shape index (κ3) is 2.41. The average Bonchev–Trinajstić information content (AvgIpc) is 2.52. The lowest BCUT2D eigenvalue weighted by Crippen LogP contribution is -2.27. The highest BCUT2D eigenvalue weighted by atomic mass is 32.1. The van der Waals surface area contributed by atoms with Crippen molar-refractivity contribution in [2.24, 2.45) is 0 Å². The molecule has 1 aromatic heterocycles. The highest BCUT2D eigenvalue weighted by Crippen LogP contribution is 2.07. The molecule has 0 aliphatic carbocycles. The smallest absolute Gasteiger partial charge is 0.202 e. The number of aliphatic hydroxyl groups excluding tert-OH is 2. The molecule has 0 radical (unpaired) electrons. The van der Waals surface area contributed by atoms with E-state index in [-0.39, 0.29) is 19.3 Å². The largest absolute Gasteiger partial charge is 0.394 e. The maximum Gasteiger partial charge on any atom is 0.202 e. The minimum Gasteiger partial charge on any atom is -0.394 e. The summed E-state index contributed by atoms with van der Waals surface area (Å²) in [5.74, 6) is 0. The molecule has 0 aliphatic heterocycles. The number of nitrogens with one attached hydrogen (secondary N) is 1. The van der Waals surface area contributed by atoms with E-state index in [9.17, 15) is 0 Å². The summed E-state index contributed by atoms with van der Waals surface area (Å²) in [6.45, 7) is -0.230. The predicted octanol–water partition coefficient (Wildman–Crippen LogP) is -0.697. The fourth-order valence-corrected chi connectivity index (χ4v) is 1.07. The van der Waals surface area contributed by atoms with Crippen LogP contribution in [-0.4, -0.2) is 38.8 Å². The third-order valence-electron chi connectivity index (χ3n) is 1.13. The number of nitrogens with zero attached hydrogens (tertiary/aromatic N) is 2. The highest BCUT2D eigenvalue weighted by molar-refractivity contribution is 7.09. The topological polar surface area (TPSA) is 78.3 Å². The number of hydrogen-bond donors (Lipinski definition) is 3. The van der Waals surface area contributed by atoms with Gasteiger partial charge in [0.05, 0.1) is 19.3 Å². The molecular weight excluding hydrogens is 166 g/mol. The zero-order valence-corrected chi connectivity index (χ0v) is 6.58. The van der Waals surface area contributed by atoms with E-state index >= 15 is 0 Å². The van der Waals surface area contributed by atoms with E-state index in [4.69, 9.17) is 10.2 Å². The summed E-state index contributed by atoms with van der Waals surface area (Å²) < 4.78 is 3.75. The van der Waals surface area contributed by atoms with Gasteiger partial charge in [0.15, 0.2) is 0 Å². The second-order valence-corrected chi connectivity index (χ2v) is 2.73. The van der Waals surface area contributed by atoms with Crippen molar-refractivity contribution >= 4 is 16.7 Å². The van der Waals surface area contributed by atoms with Crippen LogP contribution in [0.5, 0.6) is 0 Å². The van der Waals surface area contributed by atoms with Crippen molar-refractivity contribution < 1.29 is 10.2 Å². The zero-order chi connectivity index (χ0) is 8.10. The molecule has 6 heteroatoms. The van der Waals surface area contributed by atoms with Crippen LogP contribution in [0.15, 0.2) is 6.33 Å². The quantitative estimate of drug-likeness (QED) is 0.564. The molecule has 5 nitrogen and oxygen atoms in total. The maximum absolute atomic E-state index is 8.66. The Morgan fingerprint density at radius 2 is 2.27 bits per heavy atom. The van der Waals surface area contributed by atoms with Gasteiger partial charge in [-0.3, -0.25) is 0 Å². The normalized spacial score (nSPS) is 10.5. The molecule has 0 saturated heterocycles. The first-order valence-corrected chi connectivity index (χ1v) is 3.89. The van der Waals surface area contributed by atoms with Gasteiger partial charge < -0.3 is 15.5 Å². The van der Waals surface area contributed by atoms with Crippen molar-refractivity contribution in [3.63, 3.8) is 0 Å². The number of anilines is 1. The first-order valence-electron chi connectivity index (χ1n) is 3.11. The second-order valence-electron chi connectivity index (χ2n) is 1.95. The van der Waals surface area contributed by atoms with E-state index in [0.29, 0.717) is 5.13 Å². The van der Waals surface area contributed by atoms with E-state index < -0.39 is 0 Å². The van der Waals surface area contributed by atoms with Crippen LogP contribution in [0, 0.1) is 0 Å². The molecule has 0 atom stereocenters. The summed E-state index contributed by atoms with van der Waals surface area (Å²) in [6, 6.07) is -0.344. The van der Waals surface area contributed by atoms with Crippen molar-refractivity contribution in [3.05, 3.63) is 6.33 Å². The maximum atomic E-state index is 8.66. The SMILES string of the molecule is OCC(CO)Nc1ncns1. The fourth-order valence-electron chi connectivity index (χ4n) is 0.560. The Morgan fingerprint density at radius 1 is 1.55 bits per heavy atom. The monoisotopic (exact) mass is 175 g/mol. The molecule has 3 N–H and O–H groups in total. The molecule has 0 spiro atoms. The Kier molecular flexibility index (Phi) is 3.21. The first-order chi connectivity index (χ1) is 5.36. The fraction of sp³-hybridized carbons (Fsp3) is 0.600. The van der Waals surface area contributed by atoms with Crippen molar-refractivity contribution in [1.82, 2.24) is 9.36 Å². The van der Waals surface area contributed by atoms with Crippen molar-refractivity contribution in [2.45, 2.75) is 6.04 Å². The summed E-state index contributed by atoms with van der Waals surface area (Å²) in [4.78, 5) is 3.83. The predicted molar refractivity (Wildman–Crippen MR) is 41.5 cm³/mol. The van der Waals surface area contributed by atoms with Gasteiger partial charge in [0.1, 0.15) is 6.33 Å². The van der Waals surface area contributed by atoms with Crippen LogP contribution in [0.25, 0.3) is 0 Å². The Morgan fingerprint density at radius 3 is 2.73 bits per heavy atom. The van der Waals surface area contributed by atoms with E-state index in [1.54, 1.807) is 0 Å².